The summed E-state index contributed by atoms with van der Waals surface area (Å²) >= 11 is 0. The van der Waals surface area contributed by atoms with E-state index in [9.17, 15) is 15.0 Å². The van der Waals surface area contributed by atoms with Crippen LogP contribution in [0.5, 0.6) is 0 Å². The summed E-state index contributed by atoms with van der Waals surface area (Å²) in [5, 5.41) is 22.5. The monoisotopic (exact) mass is 377 g/mol. The zero-order valence-electron chi connectivity index (χ0n) is 17.3. The lowest BCUT2D eigenvalue weighted by Crippen LogP contribution is -2.45. The van der Waals surface area contributed by atoms with Gasteiger partial charge in [-0.3, -0.25) is 4.79 Å². The number of rotatable bonds is 15. The zero-order valence-corrected chi connectivity index (χ0v) is 17.3. The van der Waals surface area contributed by atoms with Gasteiger partial charge in [-0.15, -0.1) is 0 Å². The van der Waals surface area contributed by atoms with Gasteiger partial charge in [0, 0.05) is 5.56 Å². The van der Waals surface area contributed by atoms with Crippen LogP contribution in [0.2, 0.25) is 0 Å². The molecule has 0 saturated heterocycles. The SMILES string of the molecule is CCCCCCCc1ccc(C(=O)N[C@@H](CO)[C@H](O)CCCCCC)cc1. The molecule has 4 heteroatoms. The van der Waals surface area contributed by atoms with Gasteiger partial charge in [-0.2, -0.15) is 0 Å². The third-order valence-corrected chi connectivity index (χ3v) is 5.12. The Bertz CT molecular complexity index is 501. The van der Waals surface area contributed by atoms with Gasteiger partial charge >= 0.3 is 0 Å². The van der Waals surface area contributed by atoms with Crippen LogP contribution in [0.15, 0.2) is 24.3 Å². The van der Waals surface area contributed by atoms with E-state index in [2.05, 4.69) is 19.2 Å². The summed E-state index contributed by atoms with van der Waals surface area (Å²) in [6.45, 7) is 4.11. The lowest BCUT2D eigenvalue weighted by molar-refractivity contribution is 0.0662. The number of aryl methyl sites for hydroxylation is 1. The summed E-state index contributed by atoms with van der Waals surface area (Å²) in [5.41, 5.74) is 1.82. The third kappa shape index (κ3) is 9.92. The van der Waals surface area contributed by atoms with Crippen molar-refractivity contribution in [3.63, 3.8) is 0 Å². The number of hydrogen-bond acceptors (Lipinski definition) is 3. The molecule has 0 fully saturated rings. The number of benzene rings is 1. The molecule has 0 aliphatic carbocycles. The van der Waals surface area contributed by atoms with Gasteiger partial charge in [-0.25, -0.2) is 0 Å². The van der Waals surface area contributed by atoms with Crippen molar-refractivity contribution < 1.29 is 15.0 Å². The van der Waals surface area contributed by atoms with Crippen molar-refractivity contribution in [3.8, 4) is 0 Å². The van der Waals surface area contributed by atoms with Crippen molar-refractivity contribution in [3.05, 3.63) is 35.4 Å². The van der Waals surface area contributed by atoms with E-state index < -0.39 is 12.1 Å². The van der Waals surface area contributed by atoms with E-state index in [4.69, 9.17) is 0 Å². The van der Waals surface area contributed by atoms with Gasteiger partial charge in [0.15, 0.2) is 0 Å². The Morgan fingerprint density at radius 3 is 2.11 bits per heavy atom. The Balaban J connectivity index is 2.43. The minimum Gasteiger partial charge on any atom is -0.394 e. The minimum atomic E-state index is -0.710. The number of unbranched alkanes of at least 4 members (excludes halogenated alkanes) is 7. The fourth-order valence-corrected chi connectivity index (χ4v) is 3.25. The van der Waals surface area contributed by atoms with E-state index in [1.165, 1.54) is 37.7 Å². The van der Waals surface area contributed by atoms with Crippen molar-refractivity contribution >= 4 is 5.91 Å². The Hall–Kier alpha value is -1.39. The van der Waals surface area contributed by atoms with E-state index in [0.717, 1.165) is 32.1 Å². The summed E-state index contributed by atoms with van der Waals surface area (Å²) in [7, 11) is 0. The summed E-state index contributed by atoms with van der Waals surface area (Å²) in [6, 6.07) is 7.06. The fraction of sp³-hybridized carbons (Fsp3) is 0.696. The molecule has 1 amide bonds. The van der Waals surface area contributed by atoms with Crippen LogP contribution >= 0.6 is 0 Å². The fourth-order valence-electron chi connectivity index (χ4n) is 3.25. The van der Waals surface area contributed by atoms with Gasteiger partial charge in [0.2, 0.25) is 0 Å². The lowest BCUT2D eigenvalue weighted by Gasteiger charge is -2.22. The molecule has 0 unspecified atom stereocenters. The molecule has 0 aliphatic heterocycles. The van der Waals surface area contributed by atoms with Gasteiger partial charge in [0.1, 0.15) is 0 Å². The number of aliphatic hydroxyl groups is 2. The molecule has 1 aromatic carbocycles. The first kappa shape index (κ1) is 23.6. The van der Waals surface area contributed by atoms with Crippen molar-refractivity contribution in [2.75, 3.05) is 6.61 Å². The van der Waals surface area contributed by atoms with Gasteiger partial charge < -0.3 is 15.5 Å². The lowest BCUT2D eigenvalue weighted by atomic mass is 10.0. The molecule has 1 aromatic rings. The van der Waals surface area contributed by atoms with Crippen molar-refractivity contribution in [2.45, 2.75) is 96.6 Å². The molecule has 0 saturated carbocycles. The Morgan fingerprint density at radius 2 is 1.52 bits per heavy atom. The van der Waals surface area contributed by atoms with Crippen LogP contribution in [0, 0.1) is 0 Å². The van der Waals surface area contributed by atoms with Gasteiger partial charge in [-0.05, 0) is 37.0 Å². The van der Waals surface area contributed by atoms with Gasteiger partial charge in [-0.1, -0.05) is 77.3 Å². The first-order chi connectivity index (χ1) is 13.1. The average Bonchev–Trinajstić information content (AvgIpc) is 2.69. The average molecular weight is 378 g/mol. The molecule has 1 rings (SSSR count). The summed E-state index contributed by atoms with van der Waals surface area (Å²) in [6.07, 6.45) is 11.5. The van der Waals surface area contributed by atoms with E-state index in [0.29, 0.717) is 12.0 Å². The highest BCUT2D eigenvalue weighted by molar-refractivity contribution is 5.94. The maximum Gasteiger partial charge on any atom is 0.251 e. The Labute approximate surface area is 165 Å². The second kappa shape index (κ2) is 14.6. The van der Waals surface area contributed by atoms with Crippen molar-refractivity contribution in [2.24, 2.45) is 0 Å². The van der Waals surface area contributed by atoms with Gasteiger partial charge in [0.05, 0.1) is 18.8 Å². The third-order valence-electron chi connectivity index (χ3n) is 5.12. The molecular formula is C23H39NO3. The van der Waals surface area contributed by atoms with E-state index in [1.54, 1.807) is 0 Å². The van der Waals surface area contributed by atoms with Gasteiger partial charge in [0.25, 0.3) is 5.91 Å². The standard InChI is InChI=1S/C23H39NO3/c1-3-5-7-9-10-12-19-14-16-20(17-15-19)23(27)24-21(18-25)22(26)13-11-8-6-4-2/h14-17,21-22,25-26H,3-13,18H2,1-2H3,(H,24,27)/t21-,22+/m0/s1. The number of carbonyl (C=O) groups excluding carboxylic acids is 1. The molecule has 2 atom stereocenters. The van der Waals surface area contributed by atoms with Crippen LogP contribution in [0.1, 0.15) is 94.0 Å². The first-order valence-corrected chi connectivity index (χ1v) is 10.8. The number of amides is 1. The highest BCUT2D eigenvalue weighted by Crippen LogP contribution is 2.12. The van der Waals surface area contributed by atoms with Crippen LogP contribution in [0.3, 0.4) is 0 Å². The number of carbonyl (C=O) groups is 1. The first-order valence-electron chi connectivity index (χ1n) is 10.8. The Kier molecular flexibility index (Phi) is 12.8. The van der Waals surface area contributed by atoms with E-state index in [1.807, 2.05) is 24.3 Å². The number of aliphatic hydroxyl groups excluding tert-OH is 2. The maximum absolute atomic E-state index is 12.4. The largest absolute Gasteiger partial charge is 0.394 e. The molecule has 27 heavy (non-hydrogen) atoms. The Morgan fingerprint density at radius 1 is 0.926 bits per heavy atom. The molecule has 0 spiro atoms. The minimum absolute atomic E-state index is 0.240. The quantitative estimate of drug-likeness (QED) is 0.391. The molecule has 154 valence electrons. The highest BCUT2D eigenvalue weighted by Gasteiger charge is 2.20. The predicted molar refractivity (Wildman–Crippen MR) is 112 cm³/mol. The van der Waals surface area contributed by atoms with Crippen LogP contribution < -0.4 is 5.32 Å². The normalized spacial score (nSPS) is 13.3. The van der Waals surface area contributed by atoms with E-state index in [-0.39, 0.29) is 12.5 Å². The summed E-state index contributed by atoms with van der Waals surface area (Å²) in [5.74, 6) is -0.240. The maximum atomic E-state index is 12.4. The molecule has 4 nitrogen and oxygen atoms in total. The molecule has 0 radical (unpaired) electrons. The molecule has 0 aromatic heterocycles. The molecule has 0 aliphatic rings. The predicted octanol–water partition coefficient (Wildman–Crippen LogP) is 4.62. The second-order valence-electron chi connectivity index (χ2n) is 7.54. The van der Waals surface area contributed by atoms with Crippen molar-refractivity contribution in [1.29, 1.82) is 0 Å². The molecular weight excluding hydrogens is 338 g/mol. The van der Waals surface area contributed by atoms with Crippen LogP contribution in [0.25, 0.3) is 0 Å². The highest BCUT2D eigenvalue weighted by atomic mass is 16.3. The van der Waals surface area contributed by atoms with E-state index >= 15 is 0 Å². The number of hydrogen-bond donors (Lipinski definition) is 3. The number of nitrogens with one attached hydrogen (secondary N) is 1. The van der Waals surface area contributed by atoms with Crippen LogP contribution in [-0.4, -0.2) is 34.9 Å². The molecule has 3 N–H and O–H groups in total. The van der Waals surface area contributed by atoms with Crippen LogP contribution in [0.4, 0.5) is 0 Å². The summed E-state index contributed by atoms with van der Waals surface area (Å²) in [4.78, 5) is 12.4. The van der Waals surface area contributed by atoms with Crippen molar-refractivity contribution in [1.82, 2.24) is 5.32 Å². The second-order valence-corrected chi connectivity index (χ2v) is 7.54. The summed E-state index contributed by atoms with van der Waals surface area (Å²) < 4.78 is 0. The molecule has 0 bridgehead atoms. The van der Waals surface area contributed by atoms with Crippen LogP contribution in [-0.2, 0) is 6.42 Å². The zero-order chi connectivity index (χ0) is 19.9. The smallest absolute Gasteiger partial charge is 0.251 e. The topological polar surface area (TPSA) is 69.6 Å². The molecule has 0 heterocycles.